The second-order valence-corrected chi connectivity index (χ2v) is 11.5. The van der Waals surface area contributed by atoms with Crippen molar-refractivity contribution in [2.45, 2.75) is 25.3 Å². The first-order chi connectivity index (χ1) is 22.2. The molecule has 1 saturated carbocycles. The van der Waals surface area contributed by atoms with Crippen LogP contribution in [0.4, 0.5) is 21.8 Å². The van der Waals surface area contributed by atoms with E-state index in [4.69, 9.17) is 25.7 Å². The molecule has 1 saturated heterocycles. The third kappa shape index (κ3) is 6.20. The van der Waals surface area contributed by atoms with Gasteiger partial charge >= 0.3 is 5.97 Å². The molecule has 2 aromatic carbocycles. The minimum absolute atomic E-state index is 0.0890. The summed E-state index contributed by atoms with van der Waals surface area (Å²) in [5.74, 6) is 0.0837. The van der Waals surface area contributed by atoms with E-state index in [9.17, 15) is 14.7 Å². The molecule has 242 valence electrons. The van der Waals surface area contributed by atoms with E-state index in [1.165, 1.54) is 12.3 Å². The van der Waals surface area contributed by atoms with Crippen LogP contribution in [0.25, 0.3) is 10.9 Å². The van der Waals surface area contributed by atoms with E-state index in [1.807, 2.05) is 21.6 Å². The van der Waals surface area contributed by atoms with Crippen LogP contribution in [0.2, 0.25) is 0 Å². The highest BCUT2D eigenvalue weighted by atomic mass is 19.1. The molecule has 2 fully saturated rings. The predicted octanol–water partition coefficient (Wildman–Crippen LogP) is 2.94. The quantitative estimate of drug-likeness (QED) is 0.221. The first-order valence-electron chi connectivity index (χ1n) is 15.0. The topological polar surface area (TPSA) is 171 Å². The Hall–Kier alpha value is -5.11. The number of hydrogen-bond donors (Lipinski definition) is 3. The average Bonchev–Trinajstić information content (AvgIpc) is 3.89. The lowest BCUT2D eigenvalue weighted by atomic mass is 10.1. The number of aromatic nitrogens is 3. The number of carbonyl (C=O) groups is 1. The van der Waals surface area contributed by atoms with Crippen molar-refractivity contribution in [1.82, 2.24) is 19.4 Å². The number of methoxy groups -OCH3 is 2. The maximum atomic E-state index is 15.4. The van der Waals surface area contributed by atoms with Crippen molar-refractivity contribution in [3.8, 4) is 17.2 Å². The Morgan fingerprint density at radius 1 is 1.07 bits per heavy atom. The van der Waals surface area contributed by atoms with E-state index >= 15 is 4.39 Å². The summed E-state index contributed by atoms with van der Waals surface area (Å²) in [7, 11) is 3.12. The van der Waals surface area contributed by atoms with Gasteiger partial charge in [0, 0.05) is 68.5 Å². The van der Waals surface area contributed by atoms with Crippen molar-refractivity contribution < 1.29 is 28.5 Å². The minimum Gasteiger partial charge on any atom is -0.493 e. The molecule has 1 aliphatic carbocycles. The summed E-state index contributed by atoms with van der Waals surface area (Å²) in [5, 5.41) is 9.60. The number of fused-ring (bicyclic) bond motifs is 1. The number of rotatable bonds is 11. The number of hydrogen-bond acceptors (Lipinski definition) is 11. The number of carboxylic acid groups (broad SMARTS) is 1. The zero-order valence-corrected chi connectivity index (χ0v) is 25.7. The Kier molecular flexibility index (Phi) is 8.54. The van der Waals surface area contributed by atoms with E-state index in [2.05, 4.69) is 14.9 Å². The van der Waals surface area contributed by atoms with Gasteiger partial charge in [0.05, 0.1) is 25.4 Å². The lowest BCUT2D eigenvalue weighted by Gasteiger charge is -2.36. The Bertz CT molecular complexity index is 1830. The van der Waals surface area contributed by atoms with Crippen molar-refractivity contribution in [2.75, 3.05) is 69.9 Å². The number of piperazine rings is 1. The summed E-state index contributed by atoms with van der Waals surface area (Å²) >= 11 is 0. The molecule has 2 aromatic heterocycles. The normalized spacial score (nSPS) is 15.2. The molecular weight excluding hydrogens is 597 g/mol. The molecule has 14 heteroatoms. The summed E-state index contributed by atoms with van der Waals surface area (Å²) in [4.78, 5) is 36.7. The van der Waals surface area contributed by atoms with Gasteiger partial charge in [-0.15, -0.1) is 0 Å². The fourth-order valence-electron chi connectivity index (χ4n) is 5.87. The number of ether oxygens (including phenoxy) is 3. The monoisotopic (exact) mass is 633 g/mol. The maximum Gasteiger partial charge on any atom is 0.341 e. The van der Waals surface area contributed by atoms with Crippen molar-refractivity contribution in [3.05, 3.63) is 69.4 Å². The number of halogens is 1. The third-order valence-corrected chi connectivity index (χ3v) is 8.47. The van der Waals surface area contributed by atoms with Gasteiger partial charge in [-0.3, -0.25) is 9.69 Å². The van der Waals surface area contributed by atoms with Gasteiger partial charge in [-0.25, -0.2) is 14.2 Å². The van der Waals surface area contributed by atoms with Crippen LogP contribution in [0.15, 0.2) is 41.5 Å². The van der Waals surface area contributed by atoms with Crippen LogP contribution in [-0.2, 0) is 6.42 Å². The highest BCUT2D eigenvalue weighted by Crippen LogP contribution is 2.40. The summed E-state index contributed by atoms with van der Waals surface area (Å²) in [6.45, 7) is 3.49. The van der Waals surface area contributed by atoms with E-state index in [0.29, 0.717) is 80.0 Å². The van der Waals surface area contributed by atoms with Gasteiger partial charge in [-0.2, -0.15) is 4.98 Å². The van der Waals surface area contributed by atoms with Gasteiger partial charge in [0.15, 0.2) is 11.5 Å². The number of nitrogens with two attached hydrogens (primary N) is 2. The van der Waals surface area contributed by atoms with Crippen LogP contribution in [0.1, 0.15) is 40.4 Å². The molecule has 13 nitrogen and oxygen atoms in total. The van der Waals surface area contributed by atoms with Crippen molar-refractivity contribution in [1.29, 1.82) is 0 Å². The Morgan fingerprint density at radius 3 is 2.37 bits per heavy atom. The molecule has 0 atom stereocenters. The molecular formula is C32H36FN7O6. The molecule has 1 aliphatic heterocycles. The van der Waals surface area contributed by atoms with E-state index in [-0.39, 0.29) is 22.9 Å². The van der Waals surface area contributed by atoms with E-state index in [1.54, 1.807) is 26.5 Å². The lowest BCUT2D eigenvalue weighted by molar-refractivity contribution is 0.0694. The number of nitrogens with zero attached hydrogens (tertiary/aromatic N) is 5. The summed E-state index contributed by atoms with van der Waals surface area (Å²) in [6, 6.07) is 6.70. The van der Waals surface area contributed by atoms with E-state index < -0.39 is 17.2 Å². The molecule has 0 spiro atoms. The largest absolute Gasteiger partial charge is 0.493 e. The van der Waals surface area contributed by atoms with Crippen molar-refractivity contribution >= 4 is 34.3 Å². The molecule has 2 aliphatic rings. The molecule has 4 aromatic rings. The third-order valence-electron chi connectivity index (χ3n) is 8.47. The molecule has 0 radical (unpaired) electrons. The fourth-order valence-corrected chi connectivity index (χ4v) is 5.87. The van der Waals surface area contributed by atoms with Crippen LogP contribution in [0.5, 0.6) is 17.2 Å². The number of anilines is 3. The fraction of sp³-hybridized carbons (Fsp3) is 0.375. The van der Waals surface area contributed by atoms with Crippen LogP contribution in [0.3, 0.4) is 0 Å². The molecule has 3 heterocycles. The zero-order chi connectivity index (χ0) is 32.5. The van der Waals surface area contributed by atoms with Crippen molar-refractivity contribution in [2.24, 2.45) is 0 Å². The van der Waals surface area contributed by atoms with Gasteiger partial charge < -0.3 is 40.3 Å². The Labute approximate surface area is 264 Å². The van der Waals surface area contributed by atoms with Crippen LogP contribution in [0, 0.1) is 5.82 Å². The molecule has 0 unspecified atom stereocenters. The second-order valence-electron chi connectivity index (χ2n) is 11.5. The van der Waals surface area contributed by atoms with E-state index in [0.717, 1.165) is 24.0 Å². The van der Waals surface area contributed by atoms with Crippen LogP contribution in [-0.4, -0.2) is 84.1 Å². The predicted molar refractivity (Wildman–Crippen MR) is 171 cm³/mol. The first kappa shape index (κ1) is 30.9. The zero-order valence-electron chi connectivity index (χ0n) is 25.7. The molecule has 46 heavy (non-hydrogen) atoms. The maximum absolute atomic E-state index is 15.4. The highest BCUT2D eigenvalue weighted by molar-refractivity contribution is 5.93. The average molecular weight is 634 g/mol. The van der Waals surface area contributed by atoms with Gasteiger partial charge in [0.25, 0.3) is 0 Å². The number of pyridine rings is 1. The van der Waals surface area contributed by atoms with Gasteiger partial charge in [-0.05, 0) is 42.7 Å². The smallest absolute Gasteiger partial charge is 0.341 e. The van der Waals surface area contributed by atoms with Gasteiger partial charge in [0.2, 0.25) is 17.1 Å². The molecule has 5 N–H and O–H groups in total. The number of nitrogen functional groups attached to an aromatic ring is 2. The SMILES string of the molecule is COc1cc(Cc2cnc(N)nc2N)cc(OC)c1OCCN1CCN(c2cc3c(cc2F)c(=O)c(C(=O)O)cn3C2CC2)CC1. The first-order valence-corrected chi connectivity index (χ1v) is 15.0. The Morgan fingerprint density at radius 2 is 1.76 bits per heavy atom. The van der Waals surface area contributed by atoms with Crippen molar-refractivity contribution in [3.63, 3.8) is 0 Å². The summed E-state index contributed by atoms with van der Waals surface area (Å²) in [6.07, 6.45) is 5.22. The summed E-state index contributed by atoms with van der Waals surface area (Å²) in [5.41, 5.74) is 13.2. The number of aromatic carboxylic acids is 1. The molecule has 6 rings (SSSR count). The lowest BCUT2D eigenvalue weighted by Crippen LogP contribution is -2.47. The minimum atomic E-state index is -1.31. The Balaban J connectivity index is 1.10. The highest BCUT2D eigenvalue weighted by Gasteiger charge is 2.28. The standard InChI is InChI=1S/C32H36FN7O6/c1-44-26-12-18(11-19-16-36-32(35)37-30(19)34)13-27(45-2)29(26)46-10-9-38-5-7-39(8-6-38)25-15-24-21(14-23(25)33)28(41)22(31(42)43)17-40(24)20-3-4-20/h12-17,20H,3-11H2,1-2H3,(H,42,43)(H4,34,35,36,37). The number of benzene rings is 2. The second kappa shape index (κ2) is 12.7. The van der Waals surface area contributed by atoms with Crippen LogP contribution >= 0.6 is 0 Å². The summed E-state index contributed by atoms with van der Waals surface area (Å²) < 4.78 is 34.6. The number of carboxylic acids is 1. The van der Waals surface area contributed by atoms with Crippen LogP contribution < -0.4 is 36.0 Å². The molecule has 0 amide bonds. The molecule has 0 bridgehead atoms. The van der Waals surface area contributed by atoms with Gasteiger partial charge in [0.1, 0.15) is 23.8 Å². The van der Waals surface area contributed by atoms with Gasteiger partial charge in [-0.1, -0.05) is 0 Å².